The molecule has 28 heavy (non-hydrogen) atoms. The lowest BCUT2D eigenvalue weighted by molar-refractivity contribution is -0.146. The van der Waals surface area contributed by atoms with Crippen LogP contribution >= 0.6 is 11.3 Å². The molecule has 0 unspecified atom stereocenters. The number of hydrogen-bond acceptors (Lipinski definition) is 6. The Hall–Kier alpha value is -3.20. The Morgan fingerprint density at radius 2 is 1.82 bits per heavy atom. The normalized spacial score (nSPS) is 12.7. The second kappa shape index (κ2) is 9.14. The number of carbonyl (C=O) groups is 4. The van der Waals surface area contributed by atoms with Crippen LogP contribution in [-0.4, -0.2) is 42.9 Å². The lowest BCUT2D eigenvalue weighted by atomic mass is 10.1. The Morgan fingerprint density at radius 3 is 2.54 bits per heavy atom. The minimum Gasteiger partial charge on any atom is -0.454 e. The molecule has 0 spiro atoms. The second-order valence-corrected chi connectivity index (χ2v) is 7.11. The molecular formula is C19H19N3O5S. The van der Waals surface area contributed by atoms with Crippen molar-refractivity contribution in [3.63, 3.8) is 0 Å². The molecule has 1 saturated carbocycles. The van der Waals surface area contributed by atoms with Gasteiger partial charge in [-0.3, -0.25) is 19.2 Å². The van der Waals surface area contributed by atoms with Gasteiger partial charge in [-0.2, -0.15) is 0 Å². The molecule has 146 valence electrons. The van der Waals surface area contributed by atoms with Crippen molar-refractivity contribution in [2.45, 2.75) is 18.9 Å². The lowest BCUT2D eigenvalue weighted by Crippen LogP contribution is -2.32. The van der Waals surface area contributed by atoms with Crippen molar-refractivity contribution in [3.8, 4) is 0 Å². The number of benzene rings is 1. The molecule has 3 amide bonds. The molecule has 0 atom stereocenters. The van der Waals surface area contributed by atoms with Crippen molar-refractivity contribution in [1.82, 2.24) is 10.6 Å². The Labute approximate surface area is 165 Å². The number of esters is 1. The average molecular weight is 401 g/mol. The first-order valence-electron chi connectivity index (χ1n) is 8.70. The van der Waals surface area contributed by atoms with Crippen LogP contribution in [0.25, 0.3) is 0 Å². The van der Waals surface area contributed by atoms with Gasteiger partial charge in [0.15, 0.2) is 6.61 Å². The van der Waals surface area contributed by atoms with Gasteiger partial charge in [-0.1, -0.05) is 18.2 Å². The molecule has 1 aliphatic rings. The summed E-state index contributed by atoms with van der Waals surface area (Å²) in [5, 5.41) is 9.59. The standard InChI is InChI=1S/C19H19N3O5S/c23-16(11-27-17(24)10-20-19(26)15-6-3-9-28-15)22-14-5-2-1-4-13(14)18(25)21-12-7-8-12/h1-6,9,12H,7-8,10-11H2,(H,20,26)(H,21,25)(H,22,23). The molecule has 1 aliphatic carbocycles. The van der Waals surface area contributed by atoms with Crippen molar-refractivity contribution >= 4 is 40.7 Å². The number of para-hydroxylation sites is 1. The summed E-state index contributed by atoms with van der Waals surface area (Å²) in [5.74, 6) is -1.96. The Balaban J connectivity index is 1.44. The maximum Gasteiger partial charge on any atom is 0.325 e. The minimum absolute atomic E-state index is 0.196. The van der Waals surface area contributed by atoms with Crippen molar-refractivity contribution in [1.29, 1.82) is 0 Å². The van der Waals surface area contributed by atoms with Crippen LogP contribution in [0.1, 0.15) is 32.9 Å². The molecule has 1 heterocycles. The van der Waals surface area contributed by atoms with E-state index in [1.807, 2.05) is 0 Å². The number of amides is 3. The van der Waals surface area contributed by atoms with E-state index in [1.54, 1.807) is 41.8 Å². The van der Waals surface area contributed by atoms with Gasteiger partial charge in [0.25, 0.3) is 17.7 Å². The summed E-state index contributed by atoms with van der Waals surface area (Å²) in [4.78, 5) is 48.2. The topological polar surface area (TPSA) is 114 Å². The molecule has 1 aromatic carbocycles. The van der Waals surface area contributed by atoms with Gasteiger partial charge in [0.05, 0.1) is 16.1 Å². The third kappa shape index (κ3) is 5.65. The molecule has 9 heteroatoms. The van der Waals surface area contributed by atoms with Crippen LogP contribution in [0.15, 0.2) is 41.8 Å². The van der Waals surface area contributed by atoms with Crippen LogP contribution in [0.2, 0.25) is 0 Å². The zero-order chi connectivity index (χ0) is 19.9. The Kier molecular flexibility index (Phi) is 6.38. The SMILES string of the molecule is O=C(COC(=O)CNC(=O)c1cccs1)Nc1ccccc1C(=O)NC1CC1. The van der Waals surface area contributed by atoms with E-state index < -0.39 is 18.5 Å². The minimum atomic E-state index is -0.736. The number of rotatable bonds is 8. The van der Waals surface area contributed by atoms with E-state index in [0.29, 0.717) is 16.1 Å². The number of hydrogen-bond donors (Lipinski definition) is 3. The second-order valence-electron chi connectivity index (χ2n) is 6.16. The van der Waals surface area contributed by atoms with Gasteiger partial charge in [0.1, 0.15) is 6.54 Å². The smallest absolute Gasteiger partial charge is 0.325 e. The third-order valence-electron chi connectivity index (χ3n) is 3.86. The van der Waals surface area contributed by atoms with Crippen LogP contribution in [0.5, 0.6) is 0 Å². The molecule has 3 rings (SSSR count). The lowest BCUT2D eigenvalue weighted by Gasteiger charge is -2.11. The van der Waals surface area contributed by atoms with E-state index in [1.165, 1.54) is 11.3 Å². The van der Waals surface area contributed by atoms with Crippen LogP contribution in [-0.2, 0) is 14.3 Å². The van der Waals surface area contributed by atoms with Gasteiger partial charge in [-0.25, -0.2) is 0 Å². The molecule has 8 nitrogen and oxygen atoms in total. The number of carbonyl (C=O) groups excluding carboxylic acids is 4. The van der Waals surface area contributed by atoms with Gasteiger partial charge in [-0.15, -0.1) is 11.3 Å². The van der Waals surface area contributed by atoms with E-state index in [0.717, 1.165) is 12.8 Å². The summed E-state index contributed by atoms with van der Waals surface area (Å²) in [6.07, 6.45) is 1.92. The summed E-state index contributed by atoms with van der Waals surface area (Å²) >= 11 is 1.25. The van der Waals surface area contributed by atoms with Crippen LogP contribution in [0.4, 0.5) is 5.69 Å². The van der Waals surface area contributed by atoms with Gasteiger partial charge in [0, 0.05) is 6.04 Å². The van der Waals surface area contributed by atoms with E-state index >= 15 is 0 Å². The van der Waals surface area contributed by atoms with Crippen LogP contribution in [0, 0.1) is 0 Å². The highest BCUT2D eigenvalue weighted by atomic mass is 32.1. The van der Waals surface area contributed by atoms with Gasteiger partial charge in [-0.05, 0) is 36.4 Å². The predicted octanol–water partition coefficient (Wildman–Crippen LogP) is 1.55. The molecule has 0 aliphatic heterocycles. The average Bonchev–Trinajstić information content (AvgIpc) is 3.32. The summed E-state index contributed by atoms with van der Waals surface area (Å²) in [7, 11) is 0. The van der Waals surface area contributed by atoms with Gasteiger partial charge < -0.3 is 20.7 Å². The molecule has 0 radical (unpaired) electrons. The van der Waals surface area contributed by atoms with Crippen molar-refractivity contribution in [2.24, 2.45) is 0 Å². The summed E-state index contributed by atoms with van der Waals surface area (Å²) in [6.45, 7) is -0.864. The fourth-order valence-corrected chi connectivity index (χ4v) is 2.95. The maximum atomic E-state index is 12.2. The maximum absolute atomic E-state index is 12.2. The highest BCUT2D eigenvalue weighted by molar-refractivity contribution is 7.12. The molecule has 0 saturated heterocycles. The van der Waals surface area contributed by atoms with Gasteiger partial charge >= 0.3 is 5.97 Å². The van der Waals surface area contributed by atoms with Crippen molar-refractivity contribution in [2.75, 3.05) is 18.5 Å². The van der Waals surface area contributed by atoms with E-state index in [4.69, 9.17) is 4.74 Å². The fourth-order valence-electron chi connectivity index (χ4n) is 2.31. The van der Waals surface area contributed by atoms with Crippen LogP contribution in [0.3, 0.4) is 0 Å². The monoisotopic (exact) mass is 401 g/mol. The molecular weight excluding hydrogens is 382 g/mol. The zero-order valence-corrected chi connectivity index (χ0v) is 15.7. The first-order chi connectivity index (χ1) is 13.5. The van der Waals surface area contributed by atoms with Gasteiger partial charge in [0.2, 0.25) is 0 Å². The third-order valence-corrected chi connectivity index (χ3v) is 4.73. The van der Waals surface area contributed by atoms with E-state index in [2.05, 4.69) is 16.0 Å². The summed E-state index contributed by atoms with van der Waals surface area (Å²) in [6, 6.07) is 10.2. The van der Waals surface area contributed by atoms with E-state index in [9.17, 15) is 19.2 Å². The predicted molar refractivity (Wildman–Crippen MR) is 103 cm³/mol. The molecule has 1 aromatic heterocycles. The number of nitrogens with one attached hydrogen (secondary N) is 3. The molecule has 3 N–H and O–H groups in total. The fraction of sp³-hybridized carbons (Fsp3) is 0.263. The number of anilines is 1. The Morgan fingerprint density at radius 1 is 1.04 bits per heavy atom. The number of ether oxygens (including phenoxy) is 1. The molecule has 2 aromatic rings. The first kappa shape index (κ1) is 19.6. The largest absolute Gasteiger partial charge is 0.454 e. The van der Waals surface area contributed by atoms with Crippen molar-refractivity contribution < 1.29 is 23.9 Å². The highest BCUT2D eigenvalue weighted by Gasteiger charge is 2.25. The molecule has 1 fully saturated rings. The molecule has 0 bridgehead atoms. The first-order valence-corrected chi connectivity index (χ1v) is 9.58. The quantitative estimate of drug-likeness (QED) is 0.581. The van der Waals surface area contributed by atoms with E-state index in [-0.39, 0.29) is 24.4 Å². The number of thiophene rings is 1. The summed E-state index contributed by atoms with van der Waals surface area (Å²) in [5.41, 5.74) is 0.685. The van der Waals surface area contributed by atoms with Crippen LogP contribution < -0.4 is 16.0 Å². The highest BCUT2D eigenvalue weighted by Crippen LogP contribution is 2.21. The van der Waals surface area contributed by atoms with Crippen molar-refractivity contribution in [3.05, 3.63) is 52.2 Å². The Bertz CT molecular complexity index is 877. The summed E-state index contributed by atoms with van der Waals surface area (Å²) < 4.78 is 4.86. The zero-order valence-electron chi connectivity index (χ0n) is 14.9.